The first-order valence-electron chi connectivity index (χ1n) is 12.8. The predicted octanol–water partition coefficient (Wildman–Crippen LogP) is 4.61. The van der Waals surface area contributed by atoms with Gasteiger partial charge in [-0.2, -0.15) is 4.31 Å². The highest BCUT2D eigenvalue weighted by Crippen LogP contribution is 2.34. The van der Waals surface area contributed by atoms with Gasteiger partial charge in [0.25, 0.3) is 0 Å². The van der Waals surface area contributed by atoms with E-state index in [1.165, 1.54) is 23.2 Å². The number of phenolic OH excluding ortho intramolecular Hbond substituents is 1. The van der Waals surface area contributed by atoms with Crippen molar-refractivity contribution in [3.8, 4) is 16.9 Å². The average Bonchev–Trinajstić information content (AvgIpc) is 3.44. The summed E-state index contributed by atoms with van der Waals surface area (Å²) in [6, 6.07) is 12.9. The second-order valence-electron chi connectivity index (χ2n) is 9.91. The minimum absolute atomic E-state index is 0.215. The maximum atomic E-state index is 14.7. The van der Waals surface area contributed by atoms with Crippen molar-refractivity contribution in [3.63, 3.8) is 0 Å². The topological polar surface area (TPSA) is 112 Å². The van der Waals surface area contributed by atoms with E-state index in [2.05, 4.69) is 25.4 Å². The molecule has 0 saturated carbocycles. The molecule has 4 aromatic rings. The highest BCUT2D eigenvalue weighted by atomic mass is 32.2. The monoisotopic (exact) mass is 550 g/mol. The van der Waals surface area contributed by atoms with E-state index < -0.39 is 21.6 Å². The molecular weight excluding hydrogens is 519 g/mol. The van der Waals surface area contributed by atoms with E-state index in [1.54, 1.807) is 56.4 Å². The van der Waals surface area contributed by atoms with E-state index in [0.717, 1.165) is 25.2 Å². The number of rotatable bonds is 8. The first-order valence-corrected chi connectivity index (χ1v) is 14.3. The van der Waals surface area contributed by atoms with E-state index in [0.29, 0.717) is 40.0 Å². The van der Waals surface area contributed by atoms with Crippen LogP contribution in [0, 0.1) is 19.7 Å². The molecule has 39 heavy (non-hydrogen) atoms. The zero-order chi connectivity index (χ0) is 27.7. The molecule has 0 aliphatic carbocycles. The fraction of sp³-hybridized carbons (Fsp3) is 0.321. The van der Waals surface area contributed by atoms with Crippen LogP contribution in [0.15, 0.2) is 53.4 Å². The maximum Gasteiger partial charge on any atom is 0.247 e. The summed E-state index contributed by atoms with van der Waals surface area (Å²) in [5.41, 5.74) is 4.02. The fourth-order valence-electron chi connectivity index (χ4n) is 4.85. The Morgan fingerprint density at radius 2 is 1.74 bits per heavy atom. The molecule has 0 radical (unpaired) electrons. The molecule has 3 aromatic carbocycles. The van der Waals surface area contributed by atoms with E-state index in [1.807, 2.05) is 6.92 Å². The number of anilines is 2. The maximum absolute atomic E-state index is 14.7. The van der Waals surface area contributed by atoms with Gasteiger partial charge in [0.2, 0.25) is 16.0 Å². The number of likely N-dealkylation sites (N-methyl/N-ethyl adjacent to an activating group) is 1. The minimum atomic E-state index is -3.60. The van der Waals surface area contributed by atoms with E-state index in [9.17, 15) is 17.9 Å². The summed E-state index contributed by atoms with van der Waals surface area (Å²) in [4.78, 5) is 7.07. The zero-order valence-corrected chi connectivity index (χ0v) is 23.0. The highest BCUT2D eigenvalue weighted by molar-refractivity contribution is 7.89. The van der Waals surface area contributed by atoms with Gasteiger partial charge < -0.3 is 15.3 Å². The second kappa shape index (κ2) is 10.8. The normalized spacial score (nSPS) is 14.4. The number of hydrogen-bond donors (Lipinski definition) is 2. The number of likely N-dealkylation sites (tertiary alicyclic amines) is 1. The average molecular weight is 551 g/mol. The lowest BCUT2D eigenvalue weighted by Gasteiger charge is -2.21. The molecule has 2 N–H and O–H groups in total. The third-order valence-corrected chi connectivity index (χ3v) is 8.99. The highest BCUT2D eigenvalue weighted by Gasteiger charge is 2.22. The van der Waals surface area contributed by atoms with Gasteiger partial charge in [0.05, 0.1) is 10.4 Å². The number of aromatic nitrogens is 3. The molecule has 0 spiro atoms. The number of aromatic hydroxyl groups is 1. The van der Waals surface area contributed by atoms with Crippen LogP contribution in [0.25, 0.3) is 22.2 Å². The molecule has 0 unspecified atom stereocenters. The van der Waals surface area contributed by atoms with Gasteiger partial charge in [-0.15, -0.1) is 10.2 Å². The lowest BCUT2D eigenvalue weighted by atomic mass is 9.97. The molecule has 1 saturated heterocycles. The summed E-state index contributed by atoms with van der Waals surface area (Å²) in [6.07, 6.45) is 2.33. The Bertz CT molecular complexity index is 1620. The number of benzene rings is 3. The van der Waals surface area contributed by atoms with Gasteiger partial charge in [-0.05, 0) is 98.9 Å². The number of fused-ring (bicyclic) bond motifs is 1. The fourth-order valence-corrected chi connectivity index (χ4v) is 6.02. The quantitative estimate of drug-likeness (QED) is 0.327. The summed E-state index contributed by atoms with van der Waals surface area (Å²) in [5.74, 6) is -0.850. The lowest BCUT2D eigenvalue weighted by molar-refractivity contribution is 0.310. The van der Waals surface area contributed by atoms with Crippen LogP contribution in [-0.2, 0) is 10.0 Å². The van der Waals surface area contributed by atoms with Gasteiger partial charge in [-0.1, -0.05) is 6.07 Å². The molecule has 5 rings (SSSR count). The van der Waals surface area contributed by atoms with Gasteiger partial charge in [0, 0.05) is 31.4 Å². The minimum Gasteiger partial charge on any atom is -0.505 e. The van der Waals surface area contributed by atoms with Crippen molar-refractivity contribution in [1.82, 2.24) is 24.4 Å². The third kappa shape index (κ3) is 5.56. The van der Waals surface area contributed by atoms with Crippen molar-refractivity contribution in [3.05, 3.63) is 65.5 Å². The Morgan fingerprint density at radius 1 is 1.03 bits per heavy atom. The molecule has 2 heterocycles. The van der Waals surface area contributed by atoms with E-state index in [4.69, 9.17) is 0 Å². The van der Waals surface area contributed by atoms with E-state index in [-0.39, 0.29) is 10.8 Å². The number of phenols is 1. The first-order chi connectivity index (χ1) is 18.6. The van der Waals surface area contributed by atoms with Crippen molar-refractivity contribution in [2.24, 2.45) is 0 Å². The van der Waals surface area contributed by atoms with Crippen molar-refractivity contribution in [2.45, 2.75) is 31.6 Å². The molecule has 1 aromatic heterocycles. The zero-order valence-electron chi connectivity index (χ0n) is 22.1. The molecule has 1 fully saturated rings. The molecule has 0 amide bonds. The standard InChI is InChI=1S/C28H31FN6O3S/c1-18-6-11-24(36)26(29)25(18)20-16-19(2)27-23(17-20)32-33-28(31-27)30-21-7-9-22(10-8-21)39(37,38)34(3)14-15-35-12-4-5-13-35/h6-11,16-17,36H,4-5,12-15H2,1-3H3,(H,30,31,33). The number of sulfonamides is 1. The van der Waals surface area contributed by atoms with Crippen LogP contribution in [-0.4, -0.2) is 71.1 Å². The number of nitrogens with zero attached hydrogens (tertiary/aromatic N) is 5. The van der Waals surface area contributed by atoms with Crippen LogP contribution in [0.3, 0.4) is 0 Å². The Kier molecular flexibility index (Phi) is 7.48. The lowest BCUT2D eigenvalue weighted by Crippen LogP contribution is -2.35. The number of nitrogens with one attached hydrogen (secondary N) is 1. The molecule has 0 atom stereocenters. The number of halogens is 1. The molecule has 9 nitrogen and oxygen atoms in total. The van der Waals surface area contributed by atoms with Crippen LogP contribution in [0.5, 0.6) is 5.75 Å². The molecule has 1 aliphatic heterocycles. The van der Waals surface area contributed by atoms with Crippen LogP contribution in [0.4, 0.5) is 16.0 Å². The Balaban J connectivity index is 1.33. The summed E-state index contributed by atoms with van der Waals surface area (Å²) >= 11 is 0. The van der Waals surface area contributed by atoms with Crippen molar-refractivity contribution in [2.75, 3.05) is 38.5 Å². The van der Waals surface area contributed by atoms with Gasteiger partial charge in [-0.25, -0.2) is 17.8 Å². The van der Waals surface area contributed by atoms with Crippen molar-refractivity contribution >= 4 is 32.7 Å². The van der Waals surface area contributed by atoms with Crippen LogP contribution >= 0.6 is 0 Å². The predicted molar refractivity (Wildman–Crippen MR) is 149 cm³/mol. The Labute approximate surface area is 227 Å². The van der Waals surface area contributed by atoms with Crippen LogP contribution in [0.2, 0.25) is 0 Å². The molecule has 1 aliphatic rings. The van der Waals surface area contributed by atoms with Gasteiger partial charge >= 0.3 is 0 Å². The summed E-state index contributed by atoms with van der Waals surface area (Å²) in [6.45, 7) is 6.84. The largest absolute Gasteiger partial charge is 0.505 e. The van der Waals surface area contributed by atoms with Gasteiger partial charge in [0.1, 0.15) is 5.52 Å². The number of aryl methyl sites for hydroxylation is 2. The van der Waals surface area contributed by atoms with Gasteiger partial charge in [0.15, 0.2) is 11.6 Å². The smallest absolute Gasteiger partial charge is 0.247 e. The van der Waals surface area contributed by atoms with Crippen molar-refractivity contribution in [1.29, 1.82) is 0 Å². The SMILES string of the molecule is Cc1ccc(O)c(F)c1-c1cc(C)c2nc(Nc3ccc(S(=O)(=O)N(C)CCN4CCCC4)cc3)nnc2c1. The Hall–Kier alpha value is -3.67. The molecule has 204 valence electrons. The van der Waals surface area contributed by atoms with Gasteiger partial charge in [-0.3, -0.25) is 0 Å². The van der Waals surface area contributed by atoms with E-state index >= 15 is 0 Å². The van der Waals surface area contributed by atoms with Crippen molar-refractivity contribution < 1.29 is 17.9 Å². The van der Waals surface area contributed by atoms with Crippen LogP contribution < -0.4 is 5.32 Å². The van der Waals surface area contributed by atoms with Crippen LogP contribution in [0.1, 0.15) is 24.0 Å². The molecular formula is C28H31FN6O3S. The summed E-state index contributed by atoms with van der Waals surface area (Å²) in [5, 5.41) is 21.3. The summed E-state index contributed by atoms with van der Waals surface area (Å²) < 4.78 is 42.1. The number of hydrogen-bond acceptors (Lipinski definition) is 8. The Morgan fingerprint density at radius 3 is 2.46 bits per heavy atom. The molecule has 0 bridgehead atoms. The second-order valence-corrected chi connectivity index (χ2v) is 12.0. The molecule has 11 heteroatoms. The first kappa shape index (κ1) is 26.9. The summed E-state index contributed by atoms with van der Waals surface area (Å²) in [7, 11) is -1.99. The third-order valence-electron chi connectivity index (χ3n) is 7.12.